The van der Waals surface area contributed by atoms with E-state index in [-0.39, 0.29) is 29.3 Å². The van der Waals surface area contributed by atoms with Crippen LogP contribution >= 0.6 is 0 Å². The summed E-state index contributed by atoms with van der Waals surface area (Å²) in [7, 11) is 0. The van der Waals surface area contributed by atoms with Gasteiger partial charge in [0.1, 0.15) is 5.75 Å². The third kappa shape index (κ3) is 3.82. The molecule has 0 radical (unpaired) electrons. The van der Waals surface area contributed by atoms with E-state index in [0.29, 0.717) is 0 Å². The van der Waals surface area contributed by atoms with E-state index in [1.54, 1.807) is 0 Å². The largest absolute Gasteiger partial charge is 0.506 e. The number of carbonyl (C=O) groups is 2. The number of carboxylic acid groups (broad SMARTS) is 1. The molecule has 0 heterocycles. The molecule has 0 spiro atoms. The zero-order chi connectivity index (χ0) is 15.4. The summed E-state index contributed by atoms with van der Waals surface area (Å²) in [5.74, 6) is -1.61. The Labute approximate surface area is 121 Å². The van der Waals surface area contributed by atoms with Gasteiger partial charge in [-0.1, -0.05) is 29.8 Å². The molecule has 5 heteroatoms. The summed E-state index contributed by atoms with van der Waals surface area (Å²) < 4.78 is 0. The lowest BCUT2D eigenvalue weighted by atomic mass is 10.1. The Balaban J connectivity index is 2.12. The van der Waals surface area contributed by atoms with Crippen LogP contribution in [0.5, 0.6) is 5.75 Å². The molecule has 2 rings (SSSR count). The summed E-state index contributed by atoms with van der Waals surface area (Å²) in [5, 5.41) is 21.1. The van der Waals surface area contributed by atoms with Crippen LogP contribution in [0.1, 0.15) is 21.5 Å². The van der Waals surface area contributed by atoms with E-state index in [1.807, 2.05) is 31.2 Å². The van der Waals surface area contributed by atoms with Crippen molar-refractivity contribution in [3.05, 3.63) is 59.2 Å². The summed E-state index contributed by atoms with van der Waals surface area (Å²) >= 11 is 0. The zero-order valence-electron chi connectivity index (χ0n) is 11.5. The number of phenolic OH excluding ortho intramolecular Hbond substituents is 1. The molecule has 0 bridgehead atoms. The molecular weight excluding hydrogens is 270 g/mol. The summed E-state index contributed by atoms with van der Waals surface area (Å²) in [6.45, 7) is 1.93. The van der Waals surface area contributed by atoms with Gasteiger partial charge in [-0.25, -0.2) is 4.79 Å². The van der Waals surface area contributed by atoms with Crippen LogP contribution in [0.15, 0.2) is 42.5 Å². The second-order valence-electron chi connectivity index (χ2n) is 4.75. The first kappa shape index (κ1) is 14.6. The number of nitrogens with one attached hydrogen (secondary N) is 1. The minimum atomic E-state index is -1.12. The van der Waals surface area contributed by atoms with Gasteiger partial charge in [-0.3, -0.25) is 4.79 Å². The van der Waals surface area contributed by atoms with Crippen LogP contribution in [-0.4, -0.2) is 22.1 Å². The van der Waals surface area contributed by atoms with Gasteiger partial charge in [0.2, 0.25) is 5.91 Å². The van der Waals surface area contributed by atoms with Crippen molar-refractivity contribution in [3.63, 3.8) is 0 Å². The highest BCUT2D eigenvalue weighted by molar-refractivity contribution is 5.96. The van der Waals surface area contributed by atoms with Gasteiger partial charge in [-0.15, -0.1) is 0 Å². The summed E-state index contributed by atoms with van der Waals surface area (Å²) in [6.07, 6.45) is 0.151. The van der Waals surface area contributed by atoms with E-state index < -0.39 is 5.97 Å². The molecule has 0 saturated carbocycles. The second-order valence-corrected chi connectivity index (χ2v) is 4.75. The van der Waals surface area contributed by atoms with Crippen molar-refractivity contribution < 1.29 is 19.8 Å². The topological polar surface area (TPSA) is 86.6 Å². The first-order valence-corrected chi connectivity index (χ1v) is 6.37. The second kappa shape index (κ2) is 6.09. The summed E-state index contributed by atoms with van der Waals surface area (Å²) in [4.78, 5) is 22.8. The molecule has 108 valence electrons. The Hall–Kier alpha value is -2.82. The van der Waals surface area contributed by atoms with Gasteiger partial charge in [-0.05, 0) is 30.7 Å². The molecule has 0 fully saturated rings. The van der Waals surface area contributed by atoms with Crippen LogP contribution in [0.3, 0.4) is 0 Å². The standard InChI is InChI=1S/C16H15NO4/c1-10-3-2-4-11(7-10)8-15(19)17-13-9-12(16(20)21)5-6-14(13)18/h2-7,9,18H,8H2,1H3,(H,17,19)(H,20,21). The molecule has 2 aromatic rings. The number of aryl methyl sites for hydroxylation is 1. The number of hydrogen-bond acceptors (Lipinski definition) is 3. The molecule has 1 amide bonds. The van der Waals surface area contributed by atoms with Crippen molar-refractivity contribution in [3.8, 4) is 5.75 Å². The van der Waals surface area contributed by atoms with E-state index in [0.717, 1.165) is 11.1 Å². The van der Waals surface area contributed by atoms with E-state index >= 15 is 0 Å². The average Bonchev–Trinajstić information content (AvgIpc) is 2.41. The summed E-state index contributed by atoms with van der Waals surface area (Å²) in [5.41, 5.74) is 1.99. The Kier molecular flexibility index (Phi) is 4.23. The van der Waals surface area contributed by atoms with Crippen molar-refractivity contribution >= 4 is 17.6 Å². The molecular formula is C16H15NO4. The molecule has 21 heavy (non-hydrogen) atoms. The Morgan fingerprint density at radius 2 is 1.90 bits per heavy atom. The Bertz CT molecular complexity index is 694. The molecule has 3 N–H and O–H groups in total. The highest BCUT2D eigenvalue weighted by Crippen LogP contribution is 2.24. The lowest BCUT2D eigenvalue weighted by molar-refractivity contribution is -0.115. The van der Waals surface area contributed by atoms with Crippen LogP contribution in [0, 0.1) is 6.92 Å². The van der Waals surface area contributed by atoms with Crippen LogP contribution in [0.4, 0.5) is 5.69 Å². The van der Waals surface area contributed by atoms with Gasteiger partial charge in [-0.2, -0.15) is 0 Å². The van der Waals surface area contributed by atoms with Crippen LogP contribution < -0.4 is 5.32 Å². The number of aromatic carboxylic acids is 1. The zero-order valence-corrected chi connectivity index (χ0v) is 11.5. The van der Waals surface area contributed by atoms with Crippen molar-refractivity contribution in [2.45, 2.75) is 13.3 Å². The SMILES string of the molecule is Cc1cccc(CC(=O)Nc2cc(C(=O)O)ccc2O)c1. The number of amides is 1. The van der Waals surface area contributed by atoms with Gasteiger partial charge >= 0.3 is 5.97 Å². The molecule has 0 aromatic heterocycles. The fourth-order valence-electron chi connectivity index (χ4n) is 1.97. The smallest absolute Gasteiger partial charge is 0.335 e. The maximum atomic E-state index is 12.0. The number of phenols is 1. The van der Waals surface area contributed by atoms with Crippen molar-refractivity contribution in [1.29, 1.82) is 0 Å². The van der Waals surface area contributed by atoms with Crippen molar-refractivity contribution in [2.75, 3.05) is 5.32 Å². The fourth-order valence-corrected chi connectivity index (χ4v) is 1.97. The molecule has 5 nitrogen and oxygen atoms in total. The minimum Gasteiger partial charge on any atom is -0.506 e. The van der Waals surface area contributed by atoms with E-state index in [2.05, 4.69) is 5.32 Å². The highest BCUT2D eigenvalue weighted by atomic mass is 16.4. The van der Waals surface area contributed by atoms with Crippen molar-refractivity contribution in [1.82, 2.24) is 0 Å². The molecule has 0 atom stereocenters. The maximum Gasteiger partial charge on any atom is 0.335 e. The van der Waals surface area contributed by atoms with Crippen molar-refractivity contribution in [2.24, 2.45) is 0 Å². The molecule has 0 saturated heterocycles. The van der Waals surface area contributed by atoms with Crippen LogP contribution in [0.2, 0.25) is 0 Å². The predicted octanol–water partition coefficient (Wildman–Crippen LogP) is 2.58. The molecule has 0 aliphatic carbocycles. The van der Waals surface area contributed by atoms with E-state index in [1.165, 1.54) is 18.2 Å². The number of carbonyl (C=O) groups excluding carboxylic acids is 1. The first-order valence-electron chi connectivity index (χ1n) is 6.37. The normalized spacial score (nSPS) is 10.1. The van der Waals surface area contributed by atoms with Gasteiger partial charge in [0, 0.05) is 0 Å². The van der Waals surface area contributed by atoms with Crippen LogP contribution in [0.25, 0.3) is 0 Å². The molecule has 2 aromatic carbocycles. The van der Waals surface area contributed by atoms with E-state index in [4.69, 9.17) is 5.11 Å². The lowest BCUT2D eigenvalue weighted by Gasteiger charge is -2.08. The van der Waals surface area contributed by atoms with Gasteiger partial charge in [0.05, 0.1) is 17.7 Å². The number of hydrogen-bond donors (Lipinski definition) is 3. The Morgan fingerprint density at radius 3 is 2.57 bits per heavy atom. The lowest BCUT2D eigenvalue weighted by Crippen LogP contribution is -2.15. The number of anilines is 1. The summed E-state index contributed by atoms with van der Waals surface area (Å²) in [6, 6.07) is 11.3. The van der Waals surface area contributed by atoms with Gasteiger partial charge in [0.25, 0.3) is 0 Å². The predicted molar refractivity (Wildman–Crippen MR) is 78.6 cm³/mol. The number of benzene rings is 2. The first-order chi connectivity index (χ1) is 9.95. The number of carboxylic acids is 1. The van der Waals surface area contributed by atoms with Crippen LogP contribution in [-0.2, 0) is 11.2 Å². The number of rotatable bonds is 4. The monoisotopic (exact) mass is 285 g/mol. The van der Waals surface area contributed by atoms with Gasteiger partial charge in [0.15, 0.2) is 0 Å². The third-order valence-electron chi connectivity index (χ3n) is 2.96. The molecule has 0 aliphatic rings. The van der Waals surface area contributed by atoms with E-state index in [9.17, 15) is 14.7 Å². The van der Waals surface area contributed by atoms with Gasteiger partial charge < -0.3 is 15.5 Å². The quantitative estimate of drug-likeness (QED) is 0.753. The molecule has 0 aliphatic heterocycles. The average molecular weight is 285 g/mol. The third-order valence-corrected chi connectivity index (χ3v) is 2.96. The Morgan fingerprint density at radius 1 is 1.14 bits per heavy atom. The highest BCUT2D eigenvalue weighted by Gasteiger charge is 2.11. The fraction of sp³-hybridized carbons (Fsp3) is 0.125. The molecule has 0 unspecified atom stereocenters. The number of aromatic hydroxyl groups is 1. The minimum absolute atomic E-state index is 0.00124. The maximum absolute atomic E-state index is 12.0.